The smallest absolute Gasteiger partial charge is 0.248 e. The lowest BCUT2D eigenvalue weighted by Gasteiger charge is -2.42. The molecule has 1 aliphatic heterocycles. The minimum Gasteiger partial charge on any atom is -0.371 e. The summed E-state index contributed by atoms with van der Waals surface area (Å²) in [5.41, 5.74) is 1.03. The number of anilines is 1. The number of halogens is 2. The van der Waals surface area contributed by atoms with E-state index in [2.05, 4.69) is 10.2 Å². The van der Waals surface area contributed by atoms with Crippen molar-refractivity contribution in [3.8, 4) is 0 Å². The Balaban J connectivity index is 1.49. The highest BCUT2D eigenvalue weighted by Crippen LogP contribution is 2.44. The summed E-state index contributed by atoms with van der Waals surface area (Å²) in [4.78, 5) is 2.62. The van der Waals surface area contributed by atoms with Crippen LogP contribution in [0.4, 0.5) is 14.5 Å². The molecule has 0 bridgehead atoms. The second-order valence-corrected chi connectivity index (χ2v) is 9.92. The molecule has 1 heterocycles. The SMILES string of the molecule is CCS(=O)(=O)c1ccc(N2CCC(NC(C)C3CC(F)(F)C3)CC2)cc1. The lowest BCUT2D eigenvalue weighted by Crippen LogP contribution is -2.52. The molecule has 0 amide bonds. The van der Waals surface area contributed by atoms with Crippen LogP contribution in [0.3, 0.4) is 0 Å². The van der Waals surface area contributed by atoms with E-state index >= 15 is 0 Å². The Morgan fingerprint density at radius 1 is 1.19 bits per heavy atom. The molecule has 1 aliphatic carbocycles. The first-order valence-corrected chi connectivity index (χ1v) is 11.1. The van der Waals surface area contributed by atoms with E-state index in [1.165, 1.54) is 0 Å². The molecule has 2 aliphatic rings. The minimum absolute atomic E-state index is 0.00697. The van der Waals surface area contributed by atoms with Crippen molar-refractivity contribution in [1.29, 1.82) is 0 Å². The second kappa shape index (κ2) is 7.43. The molecule has 4 nitrogen and oxygen atoms in total. The normalized spacial score (nSPS) is 22.8. The van der Waals surface area contributed by atoms with Crippen LogP contribution in [0, 0.1) is 5.92 Å². The van der Waals surface area contributed by atoms with Crippen LogP contribution in [0.15, 0.2) is 29.2 Å². The van der Waals surface area contributed by atoms with Crippen LogP contribution in [0.5, 0.6) is 0 Å². The van der Waals surface area contributed by atoms with Gasteiger partial charge >= 0.3 is 0 Å². The lowest BCUT2D eigenvalue weighted by atomic mass is 9.76. The van der Waals surface area contributed by atoms with E-state index in [0.29, 0.717) is 10.9 Å². The molecule has 1 N–H and O–H groups in total. The standard InChI is InChI=1S/C19H28F2N2O2S/c1-3-26(24,25)18-6-4-17(5-7-18)23-10-8-16(9-11-23)22-14(2)15-12-19(20,21)13-15/h4-7,14-16,22H,3,8-13H2,1-2H3. The van der Waals surface area contributed by atoms with Gasteiger partial charge in [-0.25, -0.2) is 17.2 Å². The zero-order valence-electron chi connectivity index (χ0n) is 15.4. The van der Waals surface area contributed by atoms with Crippen molar-refractivity contribution < 1.29 is 17.2 Å². The highest BCUT2D eigenvalue weighted by atomic mass is 32.2. The summed E-state index contributed by atoms with van der Waals surface area (Å²) in [5.74, 6) is -2.27. The predicted octanol–water partition coefficient (Wildman–Crippen LogP) is 3.47. The number of nitrogens with zero attached hydrogens (tertiary/aromatic N) is 1. The highest BCUT2D eigenvalue weighted by Gasteiger charge is 2.47. The summed E-state index contributed by atoms with van der Waals surface area (Å²) in [6, 6.07) is 7.58. The Morgan fingerprint density at radius 3 is 2.27 bits per heavy atom. The fraction of sp³-hybridized carbons (Fsp3) is 0.684. The van der Waals surface area contributed by atoms with Crippen molar-refractivity contribution in [3.05, 3.63) is 24.3 Å². The van der Waals surface area contributed by atoms with Gasteiger partial charge in [0.05, 0.1) is 10.6 Å². The van der Waals surface area contributed by atoms with Crippen molar-refractivity contribution in [2.24, 2.45) is 5.92 Å². The molecule has 1 unspecified atom stereocenters. The Bertz CT molecular complexity index is 706. The van der Waals surface area contributed by atoms with Gasteiger partial charge in [-0.2, -0.15) is 0 Å². The van der Waals surface area contributed by atoms with Gasteiger partial charge in [0, 0.05) is 43.7 Å². The summed E-state index contributed by atoms with van der Waals surface area (Å²) in [5, 5.41) is 3.53. The Hall–Kier alpha value is -1.21. The van der Waals surface area contributed by atoms with Gasteiger partial charge in [-0.15, -0.1) is 0 Å². The number of piperidine rings is 1. The van der Waals surface area contributed by atoms with E-state index in [-0.39, 0.29) is 30.6 Å². The molecule has 1 aromatic carbocycles. The molecule has 0 aromatic heterocycles. The van der Waals surface area contributed by atoms with Gasteiger partial charge in [0.1, 0.15) is 0 Å². The fourth-order valence-corrected chi connectivity index (χ4v) is 4.79. The third-order valence-electron chi connectivity index (χ3n) is 5.76. The van der Waals surface area contributed by atoms with Crippen molar-refractivity contribution >= 4 is 15.5 Å². The molecule has 1 atom stereocenters. The molecule has 1 saturated carbocycles. The number of nitrogens with one attached hydrogen (secondary N) is 1. The van der Waals surface area contributed by atoms with Crippen LogP contribution in [0.1, 0.15) is 39.5 Å². The maximum absolute atomic E-state index is 13.0. The van der Waals surface area contributed by atoms with E-state index in [1.54, 1.807) is 19.1 Å². The maximum atomic E-state index is 13.0. The molecule has 0 spiro atoms. The summed E-state index contributed by atoms with van der Waals surface area (Å²) < 4.78 is 49.8. The Kier molecular flexibility index (Phi) is 5.58. The monoisotopic (exact) mass is 386 g/mol. The van der Waals surface area contributed by atoms with Crippen LogP contribution in [-0.2, 0) is 9.84 Å². The number of rotatable bonds is 6. The molecular weight excluding hydrogens is 358 g/mol. The van der Waals surface area contributed by atoms with Crippen LogP contribution >= 0.6 is 0 Å². The number of hydrogen-bond acceptors (Lipinski definition) is 4. The molecule has 3 rings (SSSR count). The van der Waals surface area contributed by atoms with E-state index in [4.69, 9.17) is 0 Å². The number of hydrogen-bond donors (Lipinski definition) is 1. The van der Waals surface area contributed by atoms with Crippen molar-refractivity contribution in [3.63, 3.8) is 0 Å². The molecular formula is C19H28F2N2O2S. The number of sulfone groups is 1. The number of benzene rings is 1. The summed E-state index contributed by atoms with van der Waals surface area (Å²) in [6.07, 6.45) is 1.94. The average molecular weight is 387 g/mol. The number of alkyl halides is 2. The van der Waals surface area contributed by atoms with Gasteiger partial charge in [0.2, 0.25) is 5.92 Å². The van der Waals surface area contributed by atoms with E-state index in [9.17, 15) is 17.2 Å². The molecule has 1 aromatic rings. The first-order chi connectivity index (χ1) is 12.2. The van der Waals surface area contributed by atoms with Crippen LogP contribution in [0.25, 0.3) is 0 Å². The summed E-state index contributed by atoms with van der Waals surface area (Å²) in [7, 11) is -3.16. The van der Waals surface area contributed by atoms with Crippen LogP contribution in [-0.4, -0.2) is 45.3 Å². The van der Waals surface area contributed by atoms with E-state index in [1.807, 2.05) is 19.1 Å². The summed E-state index contributed by atoms with van der Waals surface area (Å²) in [6.45, 7) is 5.42. The van der Waals surface area contributed by atoms with Crippen molar-refractivity contribution in [1.82, 2.24) is 5.32 Å². The van der Waals surface area contributed by atoms with Crippen LogP contribution in [0.2, 0.25) is 0 Å². The minimum atomic E-state index is -3.16. The zero-order chi connectivity index (χ0) is 18.9. The fourth-order valence-electron chi connectivity index (χ4n) is 3.90. The molecule has 2 fully saturated rings. The van der Waals surface area contributed by atoms with Gasteiger partial charge in [0.25, 0.3) is 0 Å². The lowest BCUT2D eigenvalue weighted by molar-refractivity contribution is -0.118. The van der Waals surface area contributed by atoms with Gasteiger partial charge in [-0.1, -0.05) is 6.92 Å². The third-order valence-corrected chi connectivity index (χ3v) is 7.51. The van der Waals surface area contributed by atoms with Crippen molar-refractivity contribution in [2.75, 3.05) is 23.7 Å². The summed E-state index contributed by atoms with van der Waals surface area (Å²) >= 11 is 0. The largest absolute Gasteiger partial charge is 0.371 e. The third kappa shape index (κ3) is 4.36. The van der Waals surface area contributed by atoms with Crippen LogP contribution < -0.4 is 10.2 Å². The molecule has 0 radical (unpaired) electrons. The molecule has 26 heavy (non-hydrogen) atoms. The second-order valence-electron chi connectivity index (χ2n) is 7.64. The van der Waals surface area contributed by atoms with Gasteiger partial charge in [-0.05, 0) is 49.9 Å². The average Bonchev–Trinajstić information content (AvgIpc) is 2.60. The highest BCUT2D eigenvalue weighted by molar-refractivity contribution is 7.91. The predicted molar refractivity (Wildman–Crippen MR) is 99.7 cm³/mol. The van der Waals surface area contributed by atoms with Crippen molar-refractivity contribution in [2.45, 2.75) is 62.4 Å². The topological polar surface area (TPSA) is 49.4 Å². The van der Waals surface area contributed by atoms with E-state index < -0.39 is 15.8 Å². The quantitative estimate of drug-likeness (QED) is 0.813. The Labute approximate surface area is 154 Å². The molecule has 1 saturated heterocycles. The van der Waals surface area contributed by atoms with Gasteiger partial charge in [0.15, 0.2) is 9.84 Å². The van der Waals surface area contributed by atoms with Gasteiger partial charge in [-0.3, -0.25) is 0 Å². The first-order valence-electron chi connectivity index (χ1n) is 9.42. The molecule has 7 heteroatoms. The molecule has 146 valence electrons. The van der Waals surface area contributed by atoms with Gasteiger partial charge < -0.3 is 10.2 Å². The zero-order valence-corrected chi connectivity index (χ0v) is 16.2. The maximum Gasteiger partial charge on any atom is 0.248 e. The first kappa shape index (κ1) is 19.5. The van der Waals surface area contributed by atoms with E-state index in [0.717, 1.165) is 31.6 Å². The Morgan fingerprint density at radius 2 is 1.77 bits per heavy atom.